The van der Waals surface area contributed by atoms with Crippen LogP contribution in [-0.2, 0) is 17.6 Å². The lowest BCUT2D eigenvalue weighted by atomic mass is 9.72. The maximum Gasteiger partial charge on any atom is 0.410 e. The van der Waals surface area contributed by atoms with E-state index in [-0.39, 0.29) is 12.1 Å². The van der Waals surface area contributed by atoms with Crippen LogP contribution >= 0.6 is 0 Å². The summed E-state index contributed by atoms with van der Waals surface area (Å²) < 4.78 is 5.63. The van der Waals surface area contributed by atoms with E-state index in [1.54, 1.807) is 23.6 Å². The van der Waals surface area contributed by atoms with E-state index in [1.165, 1.54) is 43.2 Å². The van der Waals surface area contributed by atoms with Gasteiger partial charge in [-0.3, -0.25) is 4.90 Å². The van der Waals surface area contributed by atoms with E-state index >= 15 is 0 Å². The molecule has 1 amide bonds. The summed E-state index contributed by atoms with van der Waals surface area (Å²) in [5.41, 5.74) is 6.31. The summed E-state index contributed by atoms with van der Waals surface area (Å²) in [4.78, 5) is 29.7. The summed E-state index contributed by atoms with van der Waals surface area (Å²) >= 11 is 0. The van der Waals surface area contributed by atoms with Gasteiger partial charge in [0.1, 0.15) is 22.8 Å². The Morgan fingerprint density at radius 2 is 1.68 bits per heavy atom. The second kappa shape index (κ2) is 10.5. The third-order valence-corrected chi connectivity index (χ3v) is 8.40. The van der Waals surface area contributed by atoms with Gasteiger partial charge >= 0.3 is 6.09 Å². The summed E-state index contributed by atoms with van der Waals surface area (Å²) in [6.07, 6.45) is 15.4. The van der Waals surface area contributed by atoms with Crippen molar-refractivity contribution in [3.05, 3.63) is 70.3 Å². The minimum absolute atomic E-state index is 0.117. The molecule has 1 saturated heterocycles. The average Bonchev–Trinajstić information content (AvgIpc) is 3.72. The zero-order valence-electron chi connectivity index (χ0n) is 23.7. The van der Waals surface area contributed by atoms with E-state index in [2.05, 4.69) is 55.8 Å². The lowest BCUT2D eigenvalue weighted by molar-refractivity contribution is 0.0218. The summed E-state index contributed by atoms with van der Waals surface area (Å²) in [5, 5.41) is 0. The number of aromatic amines is 2. The molecule has 0 radical (unpaired) electrons. The summed E-state index contributed by atoms with van der Waals surface area (Å²) in [7, 11) is 0. The fourth-order valence-corrected chi connectivity index (χ4v) is 6.55. The molecular formula is C33H37N5O2. The van der Waals surface area contributed by atoms with Crippen molar-refractivity contribution < 1.29 is 9.53 Å². The van der Waals surface area contributed by atoms with Crippen molar-refractivity contribution in [2.45, 2.75) is 90.2 Å². The molecule has 1 aromatic carbocycles. The molecule has 1 aliphatic heterocycles. The molecule has 6 rings (SSSR count). The summed E-state index contributed by atoms with van der Waals surface area (Å²) in [6, 6.07) is 4.14. The molecular weight excluding hydrogens is 498 g/mol. The molecule has 2 aliphatic carbocycles. The van der Waals surface area contributed by atoms with Crippen molar-refractivity contribution in [2.75, 3.05) is 6.54 Å². The Morgan fingerprint density at radius 3 is 2.33 bits per heavy atom. The molecule has 3 aliphatic rings. The van der Waals surface area contributed by atoms with Gasteiger partial charge in [-0.1, -0.05) is 31.1 Å². The van der Waals surface area contributed by atoms with Crippen LogP contribution in [0.1, 0.15) is 111 Å². The van der Waals surface area contributed by atoms with Gasteiger partial charge in [-0.05, 0) is 99.8 Å². The molecule has 7 heteroatoms. The summed E-state index contributed by atoms with van der Waals surface area (Å²) in [5.74, 6) is 14.2. The lowest BCUT2D eigenvalue weighted by Gasteiger charge is -2.33. The monoisotopic (exact) mass is 535 g/mol. The molecule has 2 aromatic heterocycles. The quantitative estimate of drug-likeness (QED) is 0.371. The van der Waals surface area contributed by atoms with Crippen LogP contribution in [0.4, 0.5) is 4.79 Å². The first-order valence-corrected chi connectivity index (χ1v) is 14.5. The number of carbonyl (C=O) groups is 1. The fraction of sp³-hybridized carbons (Fsp3) is 0.485. The first kappa shape index (κ1) is 26.3. The SMILES string of the molecule is CC(C)(C)OC(=O)N1CCCC1c1ncc(C#Cc2ccc(C#Cc3cnc[nH]3)c3c2CC2(CCCCC2)C3)[nH]1. The van der Waals surface area contributed by atoms with Crippen molar-refractivity contribution in [2.24, 2.45) is 5.41 Å². The standard InChI is InChI=1S/C33H37N5O2/c1-32(2,3)40-31(39)38-17-7-8-29(38)30-35-21-26(37-30)14-12-24-10-9-23(11-13-25-20-34-22-36-25)27-18-33(19-28(24)27)15-5-4-6-16-33/h9-10,20-22,29H,4-8,15-19H2,1-3H3,(H,34,36)(H,35,37). The fourth-order valence-electron chi connectivity index (χ4n) is 6.55. The number of rotatable bonds is 1. The molecule has 1 spiro atoms. The van der Waals surface area contributed by atoms with Gasteiger partial charge in [0.05, 0.1) is 24.8 Å². The molecule has 1 atom stereocenters. The Kier molecular flexibility index (Phi) is 6.92. The average molecular weight is 536 g/mol. The largest absolute Gasteiger partial charge is 0.444 e. The van der Waals surface area contributed by atoms with Crippen LogP contribution in [0.2, 0.25) is 0 Å². The first-order chi connectivity index (χ1) is 19.3. The van der Waals surface area contributed by atoms with E-state index in [0.29, 0.717) is 12.0 Å². The predicted molar refractivity (Wildman–Crippen MR) is 153 cm³/mol. The lowest BCUT2D eigenvalue weighted by Crippen LogP contribution is -2.36. The van der Waals surface area contributed by atoms with Gasteiger partial charge < -0.3 is 14.7 Å². The minimum Gasteiger partial charge on any atom is -0.444 e. The van der Waals surface area contributed by atoms with Crippen LogP contribution in [0.5, 0.6) is 0 Å². The normalized spacial score (nSPS) is 19.5. The molecule has 2 N–H and O–H groups in total. The number of fused-ring (bicyclic) bond motifs is 1. The maximum atomic E-state index is 12.8. The number of nitrogens with zero attached hydrogens (tertiary/aromatic N) is 3. The number of benzene rings is 1. The zero-order valence-corrected chi connectivity index (χ0v) is 23.7. The molecule has 1 unspecified atom stereocenters. The van der Waals surface area contributed by atoms with Gasteiger partial charge in [0.2, 0.25) is 0 Å². The number of hydrogen-bond acceptors (Lipinski definition) is 4. The molecule has 0 bridgehead atoms. The highest BCUT2D eigenvalue weighted by Gasteiger charge is 2.40. The van der Waals surface area contributed by atoms with E-state index in [0.717, 1.165) is 54.0 Å². The van der Waals surface area contributed by atoms with Crippen molar-refractivity contribution in [3.63, 3.8) is 0 Å². The Labute approximate surface area is 236 Å². The Morgan fingerprint density at radius 1 is 0.975 bits per heavy atom. The number of ether oxygens (including phenoxy) is 1. The summed E-state index contributed by atoms with van der Waals surface area (Å²) in [6.45, 7) is 6.34. The van der Waals surface area contributed by atoms with Crippen molar-refractivity contribution in [1.82, 2.24) is 24.8 Å². The van der Waals surface area contributed by atoms with Crippen molar-refractivity contribution in [1.29, 1.82) is 0 Å². The molecule has 3 aromatic rings. The topological polar surface area (TPSA) is 86.9 Å². The molecule has 7 nitrogen and oxygen atoms in total. The van der Waals surface area contributed by atoms with Gasteiger partial charge in [-0.25, -0.2) is 14.8 Å². The number of nitrogens with one attached hydrogen (secondary N) is 2. The number of aromatic nitrogens is 4. The maximum absolute atomic E-state index is 12.8. The third-order valence-electron chi connectivity index (χ3n) is 8.40. The van der Waals surface area contributed by atoms with Gasteiger partial charge in [0.25, 0.3) is 0 Å². The second-order valence-corrected chi connectivity index (χ2v) is 12.5. The highest BCUT2D eigenvalue weighted by molar-refractivity contribution is 5.69. The van der Waals surface area contributed by atoms with Crippen LogP contribution < -0.4 is 0 Å². The molecule has 206 valence electrons. The van der Waals surface area contributed by atoms with Gasteiger partial charge in [0, 0.05) is 17.7 Å². The zero-order chi connectivity index (χ0) is 27.7. The first-order valence-electron chi connectivity index (χ1n) is 14.5. The number of H-pyrrole nitrogens is 2. The number of carbonyl (C=O) groups excluding carboxylic acids is 1. The van der Waals surface area contributed by atoms with Crippen LogP contribution in [0.3, 0.4) is 0 Å². The van der Waals surface area contributed by atoms with Crippen LogP contribution in [0, 0.1) is 29.1 Å². The number of hydrogen-bond donors (Lipinski definition) is 2. The van der Waals surface area contributed by atoms with Gasteiger partial charge in [0.15, 0.2) is 0 Å². The highest BCUT2D eigenvalue weighted by Crippen LogP contribution is 2.49. The second-order valence-electron chi connectivity index (χ2n) is 12.5. The van der Waals surface area contributed by atoms with Crippen LogP contribution in [-0.4, -0.2) is 43.1 Å². The number of likely N-dealkylation sites (tertiary alicyclic amines) is 1. The van der Waals surface area contributed by atoms with Crippen LogP contribution in [0.25, 0.3) is 0 Å². The van der Waals surface area contributed by atoms with Crippen molar-refractivity contribution in [3.8, 4) is 23.7 Å². The Balaban J connectivity index is 1.26. The number of amides is 1. The van der Waals surface area contributed by atoms with E-state index < -0.39 is 5.60 Å². The van der Waals surface area contributed by atoms with E-state index in [4.69, 9.17) is 4.74 Å². The van der Waals surface area contributed by atoms with Gasteiger partial charge in [-0.15, -0.1) is 0 Å². The molecule has 1 saturated carbocycles. The Bertz CT molecular complexity index is 1510. The van der Waals surface area contributed by atoms with E-state index in [9.17, 15) is 4.79 Å². The molecule has 2 fully saturated rings. The van der Waals surface area contributed by atoms with Crippen molar-refractivity contribution >= 4 is 6.09 Å². The third kappa shape index (κ3) is 5.52. The van der Waals surface area contributed by atoms with Crippen LogP contribution in [0.15, 0.2) is 30.9 Å². The number of imidazole rings is 2. The molecule has 40 heavy (non-hydrogen) atoms. The predicted octanol–water partition coefficient (Wildman–Crippen LogP) is 6.05. The van der Waals surface area contributed by atoms with Gasteiger partial charge in [-0.2, -0.15) is 0 Å². The Hall–Kier alpha value is -3.97. The van der Waals surface area contributed by atoms with E-state index in [1.807, 2.05) is 20.8 Å². The highest BCUT2D eigenvalue weighted by atomic mass is 16.6. The molecule has 3 heterocycles. The minimum atomic E-state index is -0.527. The smallest absolute Gasteiger partial charge is 0.410 e.